The molecule has 8 nitrogen and oxygen atoms in total. The van der Waals surface area contributed by atoms with Gasteiger partial charge in [0.1, 0.15) is 0 Å². The van der Waals surface area contributed by atoms with Crippen LogP contribution in [0, 0.1) is 0 Å². The molecule has 0 spiro atoms. The zero-order valence-electron chi connectivity index (χ0n) is 15.9. The maximum absolute atomic E-state index is 12.0. The number of esters is 2. The molecule has 2 rings (SSSR count). The molecule has 0 aromatic heterocycles. The average molecular weight is 402 g/mol. The molecule has 2 aromatic carbocycles. The minimum atomic E-state index is -1.14. The van der Waals surface area contributed by atoms with Crippen molar-refractivity contribution < 1.29 is 39.5 Å². The minimum absolute atomic E-state index is 0.00639. The van der Waals surface area contributed by atoms with E-state index < -0.39 is 18.0 Å². The fraction of sp³-hybridized carbons (Fsp3) is 0.238. The highest BCUT2D eigenvalue weighted by Crippen LogP contribution is 2.28. The summed E-state index contributed by atoms with van der Waals surface area (Å²) in [4.78, 5) is 23.8. The number of hydrogen-bond acceptors (Lipinski definition) is 8. The molecule has 0 saturated heterocycles. The van der Waals surface area contributed by atoms with Crippen LogP contribution in [-0.2, 0) is 19.1 Å². The topological polar surface area (TPSA) is 134 Å². The Labute approximate surface area is 167 Å². The number of benzene rings is 2. The summed E-state index contributed by atoms with van der Waals surface area (Å²) in [6, 6.07) is 8.34. The SMILES string of the molecule is CC(OC(=O)C=Cc1ccc(O)c(O)c1)C(=O)OCC(C)c1ccc(O)c(O)c1. The molecule has 0 saturated carbocycles. The van der Waals surface area contributed by atoms with Crippen LogP contribution in [0.3, 0.4) is 0 Å². The third-order valence-electron chi connectivity index (χ3n) is 4.08. The molecule has 154 valence electrons. The van der Waals surface area contributed by atoms with E-state index in [-0.39, 0.29) is 35.5 Å². The lowest BCUT2D eigenvalue weighted by molar-refractivity contribution is -0.164. The molecule has 2 atom stereocenters. The fourth-order valence-electron chi connectivity index (χ4n) is 2.34. The Balaban J connectivity index is 1.84. The number of phenols is 4. The van der Waals surface area contributed by atoms with Crippen LogP contribution in [0.4, 0.5) is 0 Å². The monoisotopic (exact) mass is 402 g/mol. The molecule has 2 aromatic rings. The van der Waals surface area contributed by atoms with Crippen molar-refractivity contribution in [2.24, 2.45) is 0 Å². The maximum Gasteiger partial charge on any atom is 0.347 e. The Kier molecular flexibility index (Phi) is 7.08. The van der Waals surface area contributed by atoms with E-state index in [0.29, 0.717) is 11.1 Å². The fourth-order valence-corrected chi connectivity index (χ4v) is 2.34. The van der Waals surface area contributed by atoms with Crippen molar-refractivity contribution in [3.63, 3.8) is 0 Å². The molecular weight excluding hydrogens is 380 g/mol. The first kappa shape index (κ1) is 21.6. The zero-order valence-corrected chi connectivity index (χ0v) is 15.9. The van der Waals surface area contributed by atoms with Crippen molar-refractivity contribution >= 4 is 18.0 Å². The summed E-state index contributed by atoms with van der Waals surface area (Å²) < 4.78 is 10.1. The average Bonchev–Trinajstić information content (AvgIpc) is 2.68. The summed E-state index contributed by atoms with van der Waals surface area (Å²) >= 11 is 0. The summed E-state index contributed by atoms with van der Waals surface area (Å²) in [5.74, 6) is -2.88. The Morgan fingerprint density at radius 3 is 2.17 bits per heavy atom. The van der Waals surface area contributed by atoms with Gasteiger partial charge >= 0.3 is 11.9 Å². The lowest BCUT2D eigenvalue weighted by Gasteiger charge is -2.16. The number of aromatic hydroxyl groups is 4. The van der Waals surface area contributed by atoms with Gasteiger partial charge in [0, 0.05) is 12.0 Å². The highest BCUT2D eigenvalue weighted by Gasteiger charge is 2.20. The molecule has 2 unspecified atom stereocenters. The Bertz CT molecular complexity index is 919. The Hall–Kier alpha value is -3.68. The highest BCUT2D eigenvalue weighted by atomic mass is 16.6. The first-order valence-electron chi connectivity index (χ1n) is 8.76. The van der Waals surface area contributed by atoms with Crippen molar-refractivity contribution in [2.75, 3.05) is 6.61 Å². The summed E-state index contributed by atoms with van der Waals surface area (Å²) in [5.41, 5.74) is 1.12. The Morgan fingerprint density at radius 2 is 1.55 bits per heavy atom. The van der Waals surface area contributed by atoms with Gasteiger partial charge in [0.2, 0.25) is 0 Å². The van der Waals surface area contributed by atoms with Crippen LogP contribution in [0.2, 0.25) is 0 Å². The van der Waals surface area contributed by atoms with Gasteiger partial charge in [-0.25, -0.2) is 9.59 Å². The normalized spacial score (nSPS) is 13.0. The molecule has 29 heavy (non-hydrogen) atoms. The minimum Gasteiger partial charge on any atom is -0.504 e. The molecule has 8 heteroatoms. The van der Waals surface area contributed by atoms with E-state index in [9.17, 15) is 30.0 Å². The molecule has 0 amide bonds. The van der Waals surface area contributed by atoms with Gasteiger partial charge < -0.3 is 29.9 Å². The number of ether oxygens (including phenoxy) is 2. The molecule has 4 N–H and O–H groups in total. The van der Waals surface area contributed by atoms with Crippen LogP contribution in [-0.4, -0.2) is 45.1 Å². The summed E-state index contributed by atoms with van der Waals surface area (Å²) in [6.07, 6.45) is 1.30. The van der Waals surface area contributed by atoms with Crippen LogP contribution >= 0.6 is 0 Å². The third-order valence-corrected chi connectivity index (χ3v) is 4.08. The van der Waals surface area contributed by atoms with Gasteiger partial charge in [-0.2, -0.15) is 0 Å². The maximum atomic E-state index is 12.0. The van der Waals surface area contributed by atoms with E-state index in [1.807, 2.05) is 0 Å². The smallest absolute Gasteiger partial charge is 0.347 e. The highest BCUT2D eigenvalue weighted by molar-refractivity contribution is 5.89. The molecule has 0 radical (unpaired) electrons. The number of rotatable bonds is 7. The number of phenolic OH excluding ortho intramolecular Hbond substituents is 4. The number of hydrogen-bond donors (Lipinski definition) is 4. The second kappa shape index (κ2) is 9.50. The summed E-state index contributed by atoms with van der Waals surface area (Å²) in [6.45, 7) is 3.14. The first-order chi connectivity index (χ1) is 13.7. The molecule has 0 aliphatic heterocycles. The lowest BCUT2D eigenvalue weighted by atomic mass is 10.0. The van der Waals surface area contributed by atoms with Gasteiger partial charge in [-0.1, -0.05) is 19.1 Å². The third kappa shape index (κ3) is 6.17. The van der Waals surface area contributed by atoms with Crippen molar-refractivity contribution in [3.8, 4) is 23.0 Å². The van der Waals surface area contributed by atoms with Gasteiger partial charge in [0.05, 0.1) is 6.61 Å². The van der Waals surface area contributed by atoms with Crippen molar-refractivity contribution in [1.82, 2.24) is 0 Å². The molecule has 0 aliphatic carbocycles. The van der Waals surface area contributed by atoms with E-state index in [1.54, 1.807) is 13.0 Å². The predicted octanol–water partition coefficient (Wildman–Crippen LogP) is 2.80. The van der Waals surface area contributed by atoms with E-state index in [4.69, 9.17) is 9.47 Å². The first-order valence-corrected chi connectivity index (χ1v) is 8.76. The van der Waals surface area contributed by atoms with Gasteiger partial charge in [-0.05, 0) is 48.4 Å². The second-order valence-electron chi connectivity index (χ2n) is 6.44. The van der Waals surface area contributed by atoms with Gasteiger partial charge in [0.25, 0.3) is 0 Å². The largest absolute Gasteiger partial charge is 0.504 e. The molecule has 0 heterocycles. The van der Waals surface area contributed by atoms with Gasteiger partial charge in [-0.15, -0.1) is 0 Å². The van der Waals surface area contributed by atoms with Crippen molar-refractivity contribution in [2.45, 2.75) is 25.9 Å². The number of carbonyl (C=O) groups is 2. The van der Waals surface area contributed by atoms with Gasteiger partial charge in [0.15, 0.2) is 29.1 Å². The molecule has 0 bridgehead atoms. The van der Waals surface area contributed by atoms with Crippen LogP contribution in [0.15, 0.2) is 42.5 Å². The Morgan fingerprint density at radius 1 is 0.931 bits per heavy atom. The molecule has 0 aliphatic rings. The summed E-state index contributed by atoms with van der Waals surface area (Å²) in [5, 5.41) is 37.5. The number of carbonyl (C=O) groups excluding carboxylic acids is 2. The van der Waals surface area contributed by atoms with Crippen LogP contribution in [0.1, 0.15) is 30.9 Å². The quantitative estimate of drug-likeness (QED) is 0.316. The second-order valence-corrected chi connectivity index (χ2v) is 6.44. The van der Waals surface area contributed by atoms with Crippen LogP contribution in [0.25, 0.3) is 6.08 Å². The summed E-state index contributed by atoms with van der Waals surface area (Å²) in [7, 11) is 0. The molecular formula is C21H22O8. The van der Waals surface area contributed by atoms with E-state index in [1.165, 1.54) is 43.3 Å². The standard InChI is InChI=1S/C21H22O8/c1-12(15-5-7-17(23)19(25)10-15)11-28-21(27)13(2)29-20(26)8-4-14-3-6-16(22)18(24)9-14/h3-10,12-13,22-25H,11H2,1-2H3. The zero-order chi connectivity index (χ0) is 21.6. The van der Waals surface area contributed by atoms with Crippen molar-refractivity contribution in [1.29, 1.82) is 0 Å². The van der Waals surface area contributed by atoms with Crippen LogP contribution < -0.4 is 0 Å². The van der Waals surface area contributed by atoms with Crippen molar-refractivity contribution in [3.05, 3.63) is 53.6 Å². The lowest BCUT2D eigenvalue weighted by Crippen LogP contribution is -2.26. The van der Waals surface area contributed by atoms with Crippen LogP contribution in [0.5, 0.6) is 23.0 Å². The van der Waals surface area contributed by atoms with E-state index in [2.05, 4.69) is 0 Å². The van der Waals surface area contributed by atoms with E-state index >= 15 is 0 Å². The van der Waals surface area contributed by atoms with Gasteiger partial charge in [-0.3, -0.25) is 0 Å². The predicted molar refractivity (Wildman–Crippen MR) is 104 cm³/mol. The molecule has 0 fully saturated rings. The van der Waals surface area contributed by atoms with E-state index in [0.717, 1.165) is 6.08 Å².